The van der Waals surface area contributed by atoms with E-state index >= 15 is 0 Å². The Balaban J connectivity index is 2.12. The predicted molar refractivity (Wildman–Crippen MR) is 68.6 cm³/mol. The molecule has 17 heavy (non-hydrogen) atoms. The first-order chi connectivity index (χ1) is 8.31. The van der Waals surface area contributed by atoms with E-state index < -0.39 is 0 Å². The van der Waals surface area contributed by atoms with Crippen LogP contribution in [-0.4, -0.2) is 35.0 Å². The summed E-state index contributed by atoms with van der Waals surface area (Å²) in [4.78, 5) is 16.0. The molecule has 2 rings (SSSR count). The van der Waals surface area contributed by atoms with Crippen molar-refractivity contribution < 1.29 is 9.53 Å². The van der Waals surface area contributed by atoms with Gasteiger partial charge in [-0.15, -0.1) is 0 Å². The Hall–Kier alpha value is -1.23. The zero-order valence-corrected chi connectivity index (χ0v) is 10.6. The quantitative estimate of drug-likeness (QED) is 0.886. The van der Waals surface area contributed by atoms with E-state index in [4.69, 9.17) is 4.74 Å². The lowest BCUT2D eigenvalue weighted by Gasteiger charge is -2.14. The molecule has 0 aliphatic carbocycles. The number of hydrogen-bond donors (Lipinski definition) is 1. The van der Waals surface area contributed by atoms with Gasteiger partial charge in [0.05, 0.1) is 0 Å². The van der Waals surface area contributed by atoms with E-state index in [0.29, 0.717) is 18.0 Å². The van der Waals surface area contributed by atoms with Gasteiger partial charge in [0.1, 0.15) is 11.7 Å². The van der Waals surface area contributed by atoms with E-state index in [1.54, 1.807) is 18.3 Å². The smallest absolute Gasteiger partial charge is 0.256 e. The highest BCUT2D eigenvalue weighted by atomic mass is 32.2. The van der Waals surface area contributed by atoms with Crippen LogP contribution in [-0.2, 0) is 0 Å². The monoisotopic (exact) mass is 252 g/mol. The van der Waals surface area contributed by atoms with E-state index in [9.17, 15) is 4.79 Å². The Morgan fingerprint density at radius 2 is 2.59 bits per heavy atom. The first-order valence-corrected chi connectivity index (χ1v) is 6.94. The Morgan fingerprint density at radius 3 is 3.29 bits per heavy atom. The average Bonchev–Trinajstić information content (AvgIpc) is 2.83. The Morgan fingerprint density at radius 1 is 1.71 bits per heavy atom. The van der Waals surface area contributed by atoms with Crippen LogP contribution in [0.3, 0.4) is 0 Å². The molecular weight excluding hydrogens is 236 g/mol. The first-order valence-electron chi connectivity index (χ1n) is 5.79. The summed E-state index contributed by atoms with van der Waals surface area (Å²) in [5, 5.41) is 2.76. The van der Waals surface area contributed by atoms with Crippen molar-refractivity contribution in [2.45, 2.75) is 19.4 Å². The van der Waals surface area contributed by atoms with Crippen molar-refractivity contribution in [1.82, 2.24) is 10.3 Å². The van der Waals surface area contributed by atoms with Crippen LogP contribution in [0, 0.1) is 0 Å². The van der Waals surface area contributed by atoms with Gasteiger partial charge in [0.25, 0.3) is 5.91 Å². The first kappa shape index (κ1) is 12.2. The Labute approximate surface area is 105 Å². The number of carbonyl (C=O) groups excluding carboxylic acids is 1. The lowest BCUT2D eigenvalue weighted by Crippen LogP contribution is -2.25. The number of rotatable bonds is 4. The molecule has 4 nitrogen and oxygen atoms in total. The number of nitrogens with zero attached hydrogens (tertiary/aromatic N) is 1. The van der Waals surface area contributed by atoms with Crippen molar-refractivity contribution in [3.8, 4) is 5.88 Å². The fourth-order valence-corrected chi connectivity index (χ4v) is 2.77. The van der Waals surface area contributed by atoms with Crippen molar-refractivity contribution in [3.63, 3.8) is 0 Å². The predicted octanol–water partition coefficient (Wildman–Crippen LogP) is 1.72. The maximum atomic E-state index is 11.8. The standard InChI is InChI=1S/C12H16N2O2S/c1-2-13-11(15)10-4-3-6-14-12(10)16-9-5-7-17-8-9/h3-4,6,9H,2,5,7-8H2,1H3,(H,13,15). The number of pyridine rings is 1. The molecule has 1 fully saturated rings. The van der Waals surface area contributed by atoms with Gasteiger partial charge in [-0.25, -0.2) is 4.98 Å². The minimum absolute atomic E-state index is 0.124. The molecule has 1 unspecified atom stereocenters. The number of ether oxygens (including phenoxy) is 1. The Kier molecular flexibility index (Phi) is 4.25. The molecule has 92 valence electrons. The summed E-state index contributed by atoms with van der Waals surface area (Å²) in [7, 11) is 0. The SMILES string of the molecule is CCNC(=O)c1cccnc1OC1CCSC1. The highest BCUT2D eigenvalue weighted by molar-refractivity contribution is 7.99. The van der Waals surface area contributed by atoms with E-state index in [1.807, 2.05) is 18.7 Å². The summed E-state index contributed by atoms with van der Waals surface area (Å²) in [6.07, 6.45) is 2.86. The second-order valence-corrected chi connectivity index (χ2v) is 4.97. The zero-order chi connectivity index (χ0) is 12.1. The molecule has 1 aliphatic rings. The van der Waals surface area contributed by atoms with Gasteiger partial charge in [-0.05, 0) is 31.2 Å². The fraction of sp³-hybridized carbons (Fsp3) is 0.500. The van der Waals surface area contributed by atoms with Gasteiger partial charge in [-0.2, -0.15) is 11.8 Å². The van der Waals surface area contributed by atoms with Gasteiger partial charge >= 0.3 is 0 Å². The minimum Gasteiger partial charge on any atom is -0.473 e. The van der Waals surface area contributed by atoms with Gasteiger partial charge in [0.15, 0.2) is 0 Å². The van der Waals surface area contributed by atoms with Crippen LogP contribution < -0.4 is 10.1 Å². The second-order valence-electron chi connectivity index (χ2n) is 3.82. The highest BCUT2D eigenvalue weighted by Crippen LogP contribution is 2.23. The van der Waals surface area contributed by atoms with Gasteiger partial charge in [0, 0.05) is 18.5 Å². The van der Waals surface area contributed by atoms with Crippen molar-refractivity contribution >= 4 is 17.7 Å². The Bertz CT molecular complexity index is 392. The van der Waals surface area contributed by atoms with Crippen LogP contribution in [0.4, 0.5) is 0 Å². The topological polar surface area (TPSA) is 51.2 Å². The summed E-state index contributed by atoms with van der Waals surface area (Å²) in [5.74, 6) is 2.42. The van der Waals surface area contributed by atoms with Crippen molar-refractivity contribution in [2.24, 2.45) is 0 Å². The molecule has 0 bridgehead atoms. The normalized spacial score (nSPS) is 19.0. The zero-order valence-electron chi connectivity index (χ0n) is 9.81. The fourth-order valence-electron chi connectivity index (χ4n) is 1.68. The summed E-state index contributed by atoms with van der Waals surface area (Å²) in [5.41, 5.74) is 0.520. The third-order valence-corrected chi connectivity index (χ3v) is 3.65. The van der Waals surface area contributed by atoms with E-state index in [1.165, 1.54) is 0 Å². The maximum absolute atomic E-state index is 11.8. The molecule has 0 aromatic carbocycles. The molecule has 0 spiro atoms. The maximum Gasteiger partial charge on any atom is 0.256 e. The van der Waals surface area contributed by atoms with Gasteiger partial charge in [-0.1, -0.05) is 0 Å². The molecule has 1 aliphatic heterocycles. The van der Waals surface area contributed by atoms with E-state index in [2.05, 4.69) is 10.3 Å². The minimum atomic E-state index is -0.124. The molecule has 1 amide bonds. The molecule has 2 heterocycles. The lowest BCUT2D eigenvalue weighted by atomic mass is 10.2. The van der Waals surface area contributed by atoms with Crippen LogP contribution >= 0.6 is 11.8 Å². The second kappa shape index (κ2) is 5.91. The molecule has 1 N–H and O–H groups in total. The van der Waals surface area contributed by atoms with Crippen molar-refractivity contribution in [3.05, 3.63) is 23.9 Å². The van der Waals surface area contributed by atoms with Crippen molar-refractivity contribution in [1.29, 1.82) is 0 Å². The van der Waals surface area contributed by atoms with Crippen molar-refractivity contribution in [2.75, 3.05) is 18.1 Å². The van der Waals surface area contributed by atoms with Crippen LogP contribution in [0.25, 0.3) is 0 Å². The van der Waals surface area contributed by atoms with Crippen LogP contribution in [0.15, 0.2) is 18.3 Å². The number of hydrogen-bond acceptors (Lipinski definition) is 4. The summed E-state index contributed by atoms with van der Waals surface area (Å²) >= 11 is 1.87. The van der Waals surface area contributed by atoms with E-state index in [-0.39, 0.29) is 12.0 Å². The van der Waals surface area contributed by atoms with Crippen LogP contribution in [0.2, 0.25) is 0 Å². The number of amides is 1. The molecule has 1 aromatic heterocycles. The number of aromatic nitrogens is 1. The van der Waals surface area contributed by atoms with Gasteiger partial charge in [0.2, 0.25) is 5.88 Å². The molecular formula is C12H16N2O2S. The molecule has 0 saturated carbocycles. The molecule has 1 atom stereocenters. The van der Waals surface area contributed by atoms with Gasteiger partial charge in [-0.3, -0.25) is 4.79 Å². The van der Waals surface area contributed by atoms with Gasteiger partial charge < -0.3 is 10.1 Å². The molecule has 0 radical (unpaired) electrons. The number of carbonyl (C=O) groups is 1. The third kappa shape index (κ3) is 3.12. The third-order valence-electron chi connectivity index (χ3n) is 2.52. The van der Waals surface area contributed by atoms with E-state index in [0.717, 1.165) is 17.9 Å². The highest BCUT2D eigenvalue weighted by Gasteiger charge is 2.20. The largest absolute Gasteiger partial charge is 0.473 e. The summed E-state index contributed by atoms with van der Waals surface area (Å²) < 4.78 is 5.78. The summed E-state index contributed by atoms with van der Waals surface area (Å²) in [6.45, 7) is 2.49. The molecule has 5 heteroatoms. The summed E-state index contributed by atoms with van der Waals surface area (Å²) in [6, 6.07) is 3.50. The number of nitrogens with one attached hydrogen (secondary N) is 1. The number of thioether (sulfide) groups is 1. The lowest BCUT2D eigenvalue weighted by molar-refractivity contribution is 0.0948. The van der Waals surface area contributed by atoms with Crippen LogP contribution in [0.5, 0.6) is 5.88 Å². The average molecular weight is 252 g/mol. The van der Waals surface area contributed by atoms with Crippen LogP contribution in [0.1, 0.15) is 23.7 Å². The molecule has 1 aromatic rings. The molecule has 1 saturated heterocycles.